The fourth-order valence-electron chi connectivity index (χ4n) is 2.42. The molecule has 2 rings (SSSR count). The molecular weight excluding hydrogens is 272 g/mol. The van der Waals surface area contributed by atoms with Gasteiger partial charge in [0.2, 0.25) is 0 Å². The molecule has 1 saturated carbocycles. The molecule has 0 aliphatic heterocycles. The van der Waals surface area contributed by atoms with Crippen LogP contribution in [0.4, 0.5) is 9.59 Å². The van der Waals surface area contributed by atoms with Gasteiger partial charge in [0.15, 0.2) is 0 Å². The lowest BCUT2D eigenvalue weighted by molar-refractivity contribution is 0.0730. The minimum absolute atomic E-state index is 0.0565. The first-order valence-electron chi connectivity index (χ1n) is 7.07. The van der Waals surface area contributed by atoms with Crippen molar-refractivity contribution in [3.8, 4) is 0 Å². The number of primary amides is 1. The topological polar surface area (TPSA) is 90.7 Å². The standard InChI is InChI=1S/C15H20N2O4/c16-14(18)21-13-8-6-12(7-9-13)17-15(19)20-10-11-4-2-1-3-5-11/h1-5,12-13H,6-10H2,(H2,16,18)(H,17,19). The number of carbonyl (C=O) groups is 2. The Morgan fingerprint density at radius 3 is 2.43 bits per heavy atom. The summed E-state index contributed by atoms with van der Waals surface area (Å²) in [4.78, 5) is 22.4. The van der Waals surface area contributed by atoms with Crippen molar-refractivity contribution in [3.63, 3.8) is 0 Å². The molecule has 21 heavy (non-hydrogen) atoms. The van der Waals surface area contributed by atoms with Gasteiger partial charge in [-0.3, -0.25) is 0 Å². The van der Waals surface area contributed by atoms with Crippen LogP contribution in [0.1, 0.15) is 31.2 Å². The van der Waals surface area contributed by atoms with E-state index in [1.54, 1.807) is 0 Å². The van der Waals surface area contributed by atoms with E-state index in [1.165, 1.54) is 0 Å². The molecule has 3 N–H and O–H groups in total. The first-order chi connectivity index (χ1) is 10.1. The zero-order valence-corrected chi connectivity index (χ0v) is 11.8. The largest absolute Gasteiger partial charge is 0.446 e. The van der Waals surface area contributed by atoms with E-state index in [4.69, 9.17) is 15.2 Å². The Bertz CT molecular complexity index is 470. The second-order valence-electron chi connectivity index (χ2n) is 5.12. The van der Waals surface area contributed by atoms with Crippen molar-refractivity contribution in [2.75, 3.05) is 0 Å². The minimum Gasteiger partial charge on any atom is -0.446 e. The van der Waals surface area contributed by atoms with E-state index >= 15 is 0 Å². The zero-order chi connectivity index (χ0) is 15.1. The molecular formula is C15H20N2O4. The number of carbonyl (C=O) groups excluding carboxylic acids is 2. The molecule has 0 unspecified atom stereocenters. The molecule has 6 heteroatoms. The number of rotatable bonds is 4. The van der Waals surface area contributed by atoms with Crippen molar-refractivity contribution >= 4 is 12.2 Å². The van der Waals surface area contributed by atoms with Crippen LogP contribution >= 0.6 is 0 Å². The first kappa shape index (κ1) is 15.2. The molecule has 0 aromatic heterocycles. The van der Waals surface area contributed by atoms with Crippen molar-refractivity contribution in [2.24, 2.45) is 5.73 Å². The summed E-state index contributed by atoms with van der Waals surface area (Å²) in [6.45, 7) is 0.257. The summed E-state index contributed by atoms with van der Waals surface area (Å²) >= 11 is 0. The van der Waals surface area contributed by atoms with Gasteiger partial charge in [0.25, 0.3) is 0 Å². The number of nitrogens with one attached hydrogen (secondary N) is 1. The summed E-state index contributed by atoms with van der Waals surface area (Å²) in [5.74, 6) is 0. The highest BCUT2D eigenvalue weighted by atomic mass is 16.6. The van der Waals surface area contributed by atoms with Crippen LogP contribution in [0.25, 0.3) is 0 Å². The third-order valence-electron chi connectivity index (χ3n) is 3.49. The lowest BCUT2D eigenvalue weighted by Gasteiger charge is -2.28. The second-order valence-corrected chi connectivity index (χ2v) is 5.12. The smallest absolute Gasteiger partial charge is 0.407 e. The van der Waals surface area contributed by atoms with E-state index in [-0.39, 0.29) is 18.8 Å². The van der Waals surface area contributed by atoms with Crippen molar-refractivity contribution in [2.45, 2.75) is 44.4 Å². The number of benzene rings is 1. The molecule has 6 nitrogen and oxygen atoms in total. The number of hydrogen-bond donors (Lipinski definition) is 2. The number of hydrogen-bond acceptors (Lipinski definition) is 4. The van der Waals surface area contributed by atoms with Gasteiger partial charge < -0.3 is 20.5 Å². The highest BCUT2D eigenvalue weighted by Crippen LogP contribution is 2.21. The maximum Gasteiger partial charge on any atom is 0.407 e. The predicted octanol–water partition coefficient (Wildman–Crippen LogP) is 2.32. The van der Waals surface area contributed by atoms with E-state index in [9.17, 15) is 9.59 Å². The van der Waals surface area contributed by atoms with E-state index in [1.807, 2.05) is 30.3 Å². The van der Waals surface area contributed by atoms with Crippen molar-refractivity contribution in [1.29, 1.82) is 0 Å². The fraction of sp³-hybridized carbons (Fsp3) is 0.467. The molecule has 0 heterocycles. The maximum atomic E-state index is 11.7. The summed E-state index contributed by atoms with van der Waals surface area (Å²) in [6.07, 6.45) is 1.60. The maximum absolute atomic E-state index is 11.7. The van der Waals surface area contributed by atoms with Crippen LogP contribution in [-0.2, 0) is 16.1 Å². The van der Waals surface area contributed by atoms with Crippen LogP contribution in [0.15, 0.2) is 30.3 Å². The third kappa shape index (κ3) is 5.33. The molecule has 0 spiro atoms. The highest BCUT2D eigenvalue weighted by molar-refractivity contribution is 5.67. The number of nitrogens with two attached hydrogens (primary N) is 1. The lowest BCUT2D eigenvalue weighted by atomic mass is 9.93. The Kier molecular flexibility index (Phi) is 5.43. The summed E-state index contributed by atoms with van der Waals surface area (Å²) in [5.41, 5.74) is 5.93. The van der Waals surface area contributed by atoms with Gasteiger partial charge in [-0.2, -0.15) is 0 Å². The summed E-state index contributed by atoms with van der Waals surface area (Å²) < 4.78 is 10.1. The Balaban J connectivity index is 1.66. The minimum atomic E-state index is -0.742. The van der Waals surface area contributed by atoms with E-state index in [2.05, 4.69) is 5.32 Å². The molecule has 0 bridgehead atoms. The Labute approximate surface area is 123 Å². The number of amides is 2. The van der Waals surface area contributed by atoms with Gasteiger partial charge >= 0.3 is 12.2 Å². The van der Waals surface area contributed by atoms with E-state index in [0.29, 0.717) is 12.8 Å². The quantitative estimate of drug-likeness (QED) is 0.891. The van der Waals surface area contributed by atoms with E-state index < -0.39 is 12.2 Å². The monoisotopic (exact) mass is 292 g/mol. The van der Waals surface area contributed by atoms with E-state index in [0.717, 1.165) is 18.4 Å². The van der Waals surface area contributed by atoms with Crippen molar-refractivity contribution in [3.05, 3.63) is 35.9 Å². The normalized spacial score (nSPS) is 21.3. The molecule has 1 aromatic rings. The van der Waals surface area contributed by atoms with Gasteiger partial charge in [-0.05, 0) is 31.2 Å². The van der Waals surface area contributed by atoms with Crippen LogP contribution < -0.4 is 11.1 Å². The van der Waals surface area contributed by atoms with Crippen LogP contribution in [0, 0.1) is 0 Å². The summed E-state index contributed by atoms with van der Waals surface area (Å²) in [6, 6.07) is 9.57. The van der Waals surface area contributed by atoms with Crippen molar-refractivity contribution in [1.82, 2.24) is 5.32 Å². The van der Waals surface area contributed by atoms with Crippen molar-refractivity contribution < 1.29 is 19.1 Å². The zero-order valence-electron chi connectivity index (χ0n) is 11.8. The molecule has 1 aliphatic rings. The van der Waals surface area contributed by atoms with Gasteiger partial charge in [-0.25, -0.2) is 9.59 Å². The molecule has 0 atom stereocenters. The van der Waals surface area contributed by atoms with Crippen LogP contribution in [0.3, 0.4) is 0 Å². The average molecular weight is 292 g/mol. The molecule has 0 saturated heterocycles. The first-order valence-corrected chi connectivity index (χ1v) is 7.07. The van der Waals surface area contributed by atoms with Gasteiger partial charge in [-0.15, -0.1) is 0 Å². The summed E-state index contributed by atoms with van der Waals surface area (Å²) in [7, 11) is 0. The molecule has 1 aromatic carbocycles. The Hall–Kier alpha value is -2.24. The van der Waals surface area contributed by atoms with Gasteiger partial charge in [0.05, 0.1) is 0 Å². The molecule has 1 aliphatic carbocycles. The van der Waals surface area contributed by atoms with Gasteiger partial charge in [0.1, 0.15) is 12.7 Å². The SMILES string of the molecule is NC(=O)OC1CCC(NC(=O)OCc2ccccc2)CC1. The van der Waals surface area contributed by atoms with Crippen LogP contribution in [0.5, 0.6) is 0 Å². The second kappa shape index (κ2) is 7.52. The predicted molar refractivity (Wildman–Crippen MR) is 76.5 cm³/mol. The highest BCUT2D eigenvalue weighted by Gasteiger charge is 2.24. The average Bonchev–Trinajstić information content (AvgIpc) is 2.48. The number of ether oxygens (including phenoxy) is 2. The van der Waals surface area contributed by atoms with Crippen LogP contribution in [0.2, 0.25) is 0 Å². The Morgan fingerprint density at radius 1 is 1.14 bits per heavy atom. The summed E-state index contributed by atoms with van der Waals surface area (Å²) in [5, 5.41) is 2.83. The third-order valence-corrected chi connectivity index (χ3v) is 3.49. The van der Waals surface area contributed by atoms with Gasteiger partial charge in [-0.1, -0.05) is 30.3 Å². The molecule has 2 amide bonds. The van der Waals surface area contributed by atoms with Gasteiger partial charge in [0, 0.05) is 6.04 Å². The lowest BCUT2D eigenvalue weighted by Crippen LogP contribution is -2.40. The fourth-order valence-corrected chi connectivity index (χ4v) is 2.42. The van der Waals surface area contributed by atoms with Crippen LogP contribution in [-0.4, -0.2) is 24.3 Å². The number of alkyl carbamates (subject to hydrolysis) is 1. The molecule has 0 radical (unpaired) electrons. The molecule has 1 fully saturated rings. The molecule has 114 valence electrons. The Morgan fingerprint density at radius 2 is 1.81 bits per heavy atom.